The number of anilines is 2. The topological polar surface area (TPSA) is 65.1 Å². The molecule has 2 aliphatic heterocycles. The van der Waals surface area contributed by atoms with E-state index in [0.29, 0.717) is 24.3 Å². The summed E-state index contributed by atoms with van der Waals surface area (Å²) in [5.41, 5.74) is 7.80. The molecule has 3 unspecified atom stereocenters. The first-order valence-corrected chi connectivity index (χ1v) is 6.83. The van der Waals surface area contributed by atoms with Crippen molar-refractivity contribution in [2.75, 3.05) is 11.1 Å². The Bertz CT molecular complexity index is 454. The van der Waals surface area contributed by atoms with E-state index in [-0.39, 0.29) is 0 Å². The van der Waals surface area contributed by atoms with Crippen molar-refractivity contribution < 1.29 is 4.74 Å². The van der Waals surface area contributed by atoms with E-state index < -0.39 is 0 Å². The highest BCUT2D eigenvalue weighted by Crippen LogP contribution is 2.37. The zero-order valence-corrected chi connectivity index (χ0v) is 11.3. The molecule has 18 heavy (non-hydrogen) atoms. The van der Waals surface area contributed by atoms with Gasteiger partial charge >= 0.3 is 0 Å². The number of nitrogen functional groups attached to an aromatic ring is 1. The second kappa shape index (κ2) is 4.16. The van der Waals surface area contributed by atoms with Gasteiger partial charge < -0.3 is 15.8 Å². The van der Waals surface area contributed by atoms with Crippen LogP contribution in [0.2, 0.25) is 0 Å². The molecule has 3 N–H and O–H groups in total. The van der Waals surface area contributed by atoms with Gasteiger partial charge in [0.25, 0.3) is 0 Å². The van der Waals surface area contributed by atoms with Crippen LogP contribution in [0.5, 0.6) is 0 Å². The summed E-state index contributed by atoms with van der Waals surface area (Å²) >= 11 is 0. The third kappa shape index (κ3) is 1.77. The van der Waals surface area contributed by atoms with Crippen molar-refractivity contribution in [1.29, 1.82) is 0 Å². The molecule has 1 aromatic heterocycles. The quantitative estimate of drug-likeness (QED) is 0.862. The van der Waals surface area contributed by atoms with Gasteiger partial charge in [0.05, 0.1) is 29.6 Å². The molecule has 3 atom stereocenters. The van der Waals surface area contributed by atoms with Crippen LogP contribution in [0.3, 0.4) is 0 Å². The summed E-state index contributed by atoms with van der Waals surface area (Å²) in [6, 6.07) is 0.697. The van der Waals surface area contributed by atoms with Gasteiger partial charge in [0.15, 0.2) is 0 Å². The lowest BCUT2D eigenvalue weighted by Crippen LogP contribution is -2.32. The largest absolute Gasteiger partial charge is 0.394 e. The Labute approximate surface area is 108 Å². The molecule has 0 radical (unpaired) electrons. The SMILES string of the molecule is Cc1nn(C(C)C)c(NC2CC3CCC2O3)c1N. The lowest BCUT2D eigenvalue weighted by Gasteiger charge is -2.23. The summed E-state index contributed by atoms with van der Waals surface area (Å²) < 4.78 is 7.85. The predicted octanol–water partition coefficient (Wildman–Crippen LogP) is 2.09. The molecule has 2 bridgehead atoms. The minimum atomic E-state index is 0.308. The van der Waals surface area contributed by atoms with Gasteiger partial charge in [-0.1, -0.05) is 0 Å². The summed E-state index contributed by atoms with van der Waals surface area (Å²) in [6.45, 7) is 6.19. The number of aromatic nitrogens is 2. The average molecular weight is 250 g/mol. The van der Waals surface area contributed by atoms with Crippen molar-refractivity contribution in [2.45, 2.75) is 64.3 Å². The number of nitrogens with two attached hydrogens (primary N) is 1. The fraction of sp³-hybridized carbons (Fsp3) is 0.769. The number of nitrogens with one attached hydrogen (secondary N) is 1. The van der Waals surface area contributed by atoms with E-state index >= 15 is 0 Å². The minimum Gasteiger partial charge on any atom is -0.394 e. The molecule has 2 saturated heterocycles. The molecule has 0 aliphatic carbocycles. The number of rotatable bonds is 3. The number of hydrogen-bond donors (Lipinski definition) is 2. The van der Waals surface area contributed by atoms with E-state index in [1.54, 1.807) is 0 Å². The lowest BCUT2D eigenvalue weighted by atomic mass is 9.95. The minimum absolute atomic E-state index is 0.308. The van der Waals surface area contributed by atoms with Crippen molar-refractivity contribution >= 4 is 11.5 Å². The first-order valence-electron chi connectivity index (χ1n) is 6.83. The summed E-state index contributed by atoms with van der Waals surface area (Å²) in [6.07, 6.45) is 4.26. The molecule has 0 spiro atoms. The fourth-order valence-electron chi connectivity index (χ4n) is 3.04. The second-order valence-corrected chi connectivity index (χ2v) is 5.75. The molecular weight excluding hydrogens is 228 g/mol. The molecule has 1 aromatic rings. The molecule has 2 fully saturated rings. The second-order valence-electron chi connectivity index (χ2n) is 5.75. The van der Waals surface area contributed by atoms with Crippen molar-refractivity contribution in [2.24, 2.45) is 0 Å². The fourth-order valence-corrected chi connectivity index (χ4v) is 3.04. The molecule has 5 heteroatoms. The third-order valence-electron chi connectivity index (χ3n) is 4.05. The van der Waals surface area contributed by atoms with Crippen molar-refractivity contribution in [1.82, 2.24) is 9.78 Å². The van der Waals surface area contributed by atoms with Gasteiger partial charge in [-0.3, -0.25) is 0 Å². The summed E-state index contributed by atoms with van der Waals surface area (Å²) in [7, 11) is 0. The van der Waals surface area contributed by atoms with E-state index in [2.05, 4.69) is 24.3 Å². The Morgan fingerprint density at radius 2 is 2.22 bits per heavy atom. The van der Waals surface area contributed by atoms with Gasteiger partial charge in [-0.15, -0.1) is 0 Å². The van der Waals surface area contributed by atoms with Gasteiger partial charge in [0.2, 0.25) is 0 Å². The van der Waals surface area contributed by atoms with Crippen molar-refractivity contribution in [3.8, 4) is 0 Å². The normalized spacial score (nSPS) is 30.3. The van der Waals surface area contributed by atoms with E-state index in [1.807, 2.05) is 11.6 Å². The van der Waals surface area contributed by atoms with E-state index in [0.717, 1.165) is 30.0 Å². The molecule has 0 saturated carbocycles. The van der Waals surface area contributed by atoms with Crippen LogP contribution in [-0.4, -0.2) is 28.0 Å². The first-order chi connectivity index (χ1) is 8.56. The zero-order chi connectivity index (χ0) is 12.9. The van der Waals surface area contributed by atoms with Crippen LogP contribution in [0.15, 0.2) is 0 Å². The molecule has 5 nitrogen and oxygen atoms in total. The number of hydrogen-bond acceptors (Lipinski definition) is 4. The maximum atomic E-state index is 6.13. The Kier molecular flexibility index (Phi) is 2.73. The van der Waals surface area contributed by atoms with Crippen LogP contribution in [0, 0.1) is 6.92 Å². The maximum absolute atomic E-state index is 6.13. The molecule has 3 rings (SSSR count). The average Bonchev–Trinajstić information content (AvgIpc) is 2.99. The van der Waals surface area contributed by atoms with Gasteiger partial charge in [-0.05, 0) is 40.0 Å². The van der Waals surface area contributed by atoms with Crippen LogP contribution < -0.4 is 11.1 Å². The predicted molar refractivity (Wildman–Crippen MR) is 71.7 cm³/mol. The Morgan fingerprint density at radius 3 is 2.78 bits per heavy atom. The highest BCUT2D eigenvalue weighted by molar-refractivity contribution is 5.65. The molecule has 2 aliphatic rings. The third-order valence-corrected chi connectivity index (χ3v) is 4.05. The summed E-state index contributed by atoms with van der Waals surface area (Å²) in [4.78, 5) is 0. The molecule has 100 valence electrons. The van der Waals surface area contributed by atoms with Crippen molar-refractivity contribution in [3.05, 3.63) is 5.69 Å². The number of ether oxygens (including phenoxy) is 1. The number of fused-ring (bicyclic) bond motifs is 2. The summed E-state index contributed by atoms with van der Waals surface area (Å²) in [5.74, 6) is 0.962. The van der Waals surface area contributed by atoms with Crippen LogP contribution in [-0.2, 0) is 4.74 Å². The Balaban J connectivity index is 1.84. The zero-order valence-electron chi connectivity index (χ0n) is 11.3. The van der Waals surface area contributed by atoms with E-state index in [1.165, 1.54) is 6.42 Å². The van der Waals surface area contributed by atoms with Crippen LogP contribution >= 0.6 is 0 Å². The van der Waals surface area contributed by atoms with Gasteiger partial charge in [-0.25, -0.2) is 4.68 Å². The molecule has 0 aromatic carbocycles. The van der Waals surface area contributed by atoms with Gasteiger partial charge in [0.1, 0.15) is 5.82 Å². The highest BCUT2D eigenvalue weighted by Gasteiger charge is 2.41. The molecular formula is C13H22N4O. The number of nitrogens with zero attached hydrogens (tertiary/aromatic N) is 2. The first kappa shape index (κ1) is 11.8. The maximum Gasteiger partial charge on any atom is 0.148 e. The van der Waals surface area contributed by atoms with Gasteiger partial charge in [-0.2, -0.15) is 5.10 Å². The van der Waals surface area contributed by atoms with Crippen LogP contribution in [0.1, 0.15) is 44.8 Å². The van der Waals surface area contributed by atoms with Crippen LogP contribution in [0.25, 0.3) is 0 Å². The molecule has 0 amide bonds. The van der Waals surface area contributed by atoms with Gasteiger partial charge in [0, 0.05) is 6.04 Å². The van der Waals surface area contributed by atoms with Crippen molar-refractivity contribution in [3.63, 3.8) is 0 Å². The smallest absolute Gasteiger partial charge is 0.148 e. The lowest BCUT2D eigenvalue weighted by molar-refractivity contribution is 0.102. The standard InChI is InChI=1S/C13H22N4O/c1-7(2)17-13(12(14)8(3)16-17)15-10-6-9-4-5-11(10)18-9/h7,9-11,15H,4-6,14H2,1-3H3. The van der Waals surface area contributed by atoms with E-state index in [4.69, 9.17) is 10.5 Å². The monoisotopic (exact) mass is 250 g/mol. The highest BCUT2D eigenvalue weighted by atomic mass is 16.5. The Morgan fingerprint density at radius 1 is 1.44 bits per heavy atom. The molecule has 3 heterocycles. The van der Waals surface area contributed by atoms with Crippen LogP contribution in [0.4, 0.5) is 11.5 Å². The number of aryl methyl sites for hydroxylation is 1. The van der Waals surface area contributed by atoms with E-state index in [9.17, 15) is 0 Å². The Hall–Kier alpha value is -1.23. The summed E-state index contributed by atoms with van der Waals surface area (Å²) in [5, 5.41) is 8.06.